The minimum Gasteiger partial charge on any atom is -0.495 e. The number of nitrogens with one attached hydrogen (secondary N) is 1. The summed E-state index contributed by atoms with van der Waals surface area (Å²) in [7, 11) is 1.47. The predicted molar refractivity (Wildman–Crippen MR) is 65.2 cm³/mol. The molecule has 0 radical (unpaired) electrons. The number of anilines is 1. The highest BCUT2D eigenvalue weighted by Crippen LogP contribution is 2.25. The van der Waals surface area contributed by atoms with Crippen LogP contribution in [0.2, 0.25) is 0 Å². The van der Waals surface area contributed by atoms with E-state index < -0.39 is 11.1 Å². The van der Waals surface area contributed by atoms with Crippen LogP contribution in [0.5, 0.6) is 5.75 Å². The molecule has 0 bridgehead atoms. The Morgan fingerprint density at radius 1 is 1.59 bits per heavy atom. The number of nitrogens with two attached hydrogens (primary N) is 1. The molecule has 1 atom stereocenters. The summed E-state index contributed by atoms with van der Waals surface area (Å²) in [5.74, 6) is 0.111. The number of methoxy groups -OCH3 is 1. The summed E-state index contributed by atoms with van der Waals surface area (Å²) in [6, 6.07) is 4.86. The van der Waals surface area contributed by atoms with Crippen molar-refractivity contribution in [3.05, 3.63) is 23.8 Å². The summed E-state index contributed by atoms with van der Waals surface area (Å²) >= 11 is -1.93. The van der Waals surface area contributed by atoms with E-state index in [1.165, 1.54) is 7.11 Å². The molecule has 1 amide bonds. The first-order chi connectivity index (χ1) is 8.06. The predicted octanol–water partition coefficient (Wildman–Crippen LogP) is 0.314. The van der Waals surface area contributed by atoms with Crippen molar-refractivity contribution in [1.82, 2.24) is 0 Å². The van der Waals surface area contributed by atoms with Gasteiger partial charge in [0.1, 0.15) is 5.75 Å². The van der Waals surface area contributed by atoms with Crippen LogP contribution in [0.1, 0.15) is 5.56 Å². The molecular weight excluding hydrogens is 244 g/mol. The SMILES string of the molecule is COc1ccc(CS(=O)O)cc1NC(=O)CN. The molecule has 1 unspecified atom stereocenters. The highest BCUT2D eigenvalue weighted by atomic mass is 32.2. The Morgan fingerprint density at radius 3 is 2.82 bits per heavy atom. The third kappa shape index (κ3) is 4.14. The van der Waals surface area contributed by atoms with Crippen LogP contribution < -0.4 is 15.8 Å². The summed E-state index contributed by atoms with van der Waals surface area (Å²) in [5.41, 5.74) is 6.25. The van der Waals surface area contributed by atoms with Crippen LogP contribution >= 0.6 is 0 Å². The summed E-state index contributed by atoms with van der Waals surface area (Å²) in [6.45, 7) is -0.140. The smallest absolute Gasteiger partial charge is 0.238 e. The van der Waals surface area contributed by atoms with Crippen LogP contribution in [0.25, 0.3) is 0 Å². The fraction of sp³-hybridized carbons (Fsp3) is 0.300. The number of benzene rings is 1. The second kappa shape index (κ2) is 6.33. The van der Waals surface area contributed by atoms with Crippen molar-refractivity contribution in [3.63, 3.8) is 0 Å². The largest absolute Gasteiger partial charge is 0.495 e. The van der Waals surface area contributed by atoms with Gasteiger partial charge in [-0.25, -0.2) is 4.21 Å². The summed E-state index contributed by atoms with van der Waals surface area (Å²) in [5, 5.41) is 2.56. The van der Waals surface area contributed by atoms with Crippen LogP contribution in [0, 0.1) is 0 Å². The van der Waals surface area contributed by atoms with Crippen molar-refractivity contribution in [3.8, 4) is 5.75 Å². The lowest BCUT2D eigenvalue weighted by molar-refractivity contribution is -0.114. The van der Waals surface area contributed by atoms with Gasteiger partial charge in [0, 0.05) is 0 Å². The molecule has 1 aromatic rings. The number of ether oxygens (including phenoxy) is 1. The van der Waals surface area contributed by atoms with Gasteiger partial charge in [-0.15, -0.1) is 0 Å². The summed E-state index contributed by atoms with van der Waals surface area (Å²) < 4.78 is 24.5. The maximum atomic E-state index is 11.2. The molecular formula is C10H14N2O4S. The minimum atomic E-state index is -1.93. The first-order valence-electron chi connectivity index (χ1n) is 4.81. The third-order valence-corrected chi connectivity index (χ3v) is 2.59. The van der Waals surface area contributed by atoms with E-state index in [-0.39, 0.29) is 18.2 Å². The van der Waals surface area contributed by atoms with Crippen LogP contribution in [0.3, 0.4) is 0 Å². The highest BCUT2D eigenvalue weighted by molar-refractivity contribution is 7.78. The highest BCUT2D eigenvalue weighted by Gasteiger charge is 2.08. The lowest BCUT2D eigenvalue weighted by Crippen LogP contribution is -2.22. The Morgan fingerprint density at radius 2 is 2.29 bits per heavy atom. The van der Waals surface area contributed by atoms with Crippen molar-refractivity contribution >= 4 is 22.7 Å². The van der Waals surface area contributed by atoms with Crippen molar-refractivity contribution in [2.24, 2.45) is 5.73 Å². The Kier molecular flexibility index (Phi) is 5.08. The molecule has 1 rings (SSSR count). The zero-order valence-electron chi connectivity index (χ0n) is 9.30. The number of hydrogen-bond donors (Lipinski definition) is 3. The molecule has 0 fully saturated rings. The van der Waals surface area contributed by atoms with E-state index in [1.807, 2.05) is 0 Å². The second-order valence-electron chi connectivity index (χ2n) is 3.25. The first-order valence-corrected chi connectivity index (χ1v) is 6.08. The maximum Gasteiger partial charge on any atom is 0.238 e. The third-order valence-electron chi connectivity index (χ3n) is 2.01. The van der Waals surface area contributed by atoms with Gasteiger partial charge in [0.15, 0.2) is 11.1 Å². The number of amides is 1. The van der Waals surface area contributed by atoms with E-state index in [0.717, 1.165) is 0 Å². The number of rotatable bonds is 5. The molecule has 94 valence electrons. The van der Waals surface area contributed by atoms with E-state index in [9.17, 15) is 9.00 Å². The van der Waals surface area contributed by atoms with E-state index in [0.29, 0.717) is 17.0 Å². The van der Waals surface area contributed by atoms with Gasteiger partial charge in [0.25, 0.3) is 0 Å². The molecule has 1 aromatic carbocycles. The molecule has 17 heavy (non-hydrogen) atoms. The van der Waals surface area contributed by atoms with E-state index in [4.69, 9.17) is 15.0 Å². The molecule has 0 saturated carbocycles. The molecule has 0 aliphatic rings. The van der Waals surface area contributed by atoms with Crippen LogP contribution in [-0.4, -0.2) is 28.3 Å². The Hall–Kier alpha value is -1.44. The molecule has 6 nitrogen and oxygen atoms in total. The number of carbonyl (C=O) groups is 1. The van der Waals surface area contributed by atoms with E-state index in [2.05, 4.69) is 5.32 Å². The zero-order valence-corrected chi connectivity index (χ0v) is 10.1. The van der Waals surface area contributed by atoms with Gasteiger partial charge in [0.05, 0.1) is 25.1 Å². The van der Waals surface area contributed by atoms with Gasteiger partial charge in [-0.05, 0) is 17.7 Å². The molecule has 4 N–H and O–H groups in total. The normalized spacial score (nSPS) is 11.9. The average molecular weight is 258 g/mol. The Labute approximate surface area is 101 Å². The zero-order chi connectivity index (χ0) is 12.8. The lowest BCUT2D eigenvalue weighted by Gasteiger charge is -2.10. The van der Waals surface area contributed by atoms with Gasteiger partial charge < -0.3 is 20.3 Å². The minimum absolute atomic E-state index is 0.00447. The molecule has 0 saturated heterocycles. The summed E-state index contributed by atoms with van der Waals surface area (Å²) in [4.78, 5) is 11.2. The number of hydrogen-bond acceptors (Lipinski definition) is 4. The molecule has 0 spiro atoms. The maximum absolute atomic E-state index is 11.2. The van der Waals surface area contributed by atoms with E-state index in [1.54, 1.807) is 18.2 Å². The van der Waals surface area contributed by atoms with Crippen molar-refractivity contribution < 1.29 is 18.3 Å². The molecule has 0 aliphatic carbocycles. The van der Waals surface area contributed by atoms with Gasteiger partial charge in [-0.3, -0.25) is 4.79 Å². The van der Waals surface area contributed by atoms with Crippen molar-refractivity contribution in [1.29, 1.82) is 0 Å². The molecule has 0 aromatic heterocycles. The van der Waals surface area contributed by atoms with E-state index >= 15 is 0 Å². The quantitative estimate of drug-likeness (QED) is 0.660. The van der Waals surface area contributed by atoms with Gasteiger partial charge in [-0.2, -0.15) is 0 Å². The van der Waals surface area contributed by atoms with Gasteiger partial charge >= 0.3 is 0 Å². The molecule has 0 heterocycles. The summed E-state index contributed by atoms with van der Waals surface area (Å²) in [6.07, 6.45) is 0. The molecule has 7 heteroatoms. The first kappa shape index (κ1) is 13.6. The van der Waals surface area contributed by atoms with Crippen molar-refractivity contribution in [2.45, 2.75) is 5.75 Å². The van der Waals surface area contributed by atoms with Crippen molar-refractivity contribution in [2.75, 3.05) is 19.0 Å². The average Bonchev–Trinajstić information content (AvgIpc) is 2.28. The monoisotopic (exact) mass is 258 g/mol. The second-order valence-corrected chi connectivity index (χ2v) is 4.18. The Bertz CT molecular complexity index is 436. The van der Waals surface area contributed by atoms with Crippen LogP contribution in [0.4, 0.5) is 5.69 Å². The number of carbonyl (C=O) groups excluding carboxylic acids is 1. The topological polar surface area (TPSA) is 102 Å². The molecule has 0 aliphatic heterocycles. The fourth-order valence-electron chi connectivity index (χ4n) is 1.29. The van der Waals surface area contributed by atoms with Crippen LogP contribution in [-0.2, 0) is 21.6 Å². The standard InChI is InChI=1S/C10H14N2O4S/c1-16-9-3-2-7(6-17(14)15)4-8(9)12-10(13)5-11/h2-4H,5-6,11H2,1H3,(H,12,13)(H,14,15). The van der Waals surface area contributed by atoms with Crippen LogP contribution in [0.15, 0.2) is 18.2 Å². The van der Waals surface area contributed by atoms with Gasteiger partial charge in [-0.1, -0.05) is 6.07 Å². The Balaban J connectivity index is 2.97. The lowest BCUT2D eigenvalue weighted by atomic mass is 10.2. The fourth-order valence-corrected chi connectivity index (χ4v) is 1.75. The van der Waals surface area contributed by atoms with Gasteiger partial charge in [0.2, 0.25) is 5.91 Å².